The summed E-state index contributed by atoms with van der Waals surface area (Å²) in [4.78, 5) is 2.61. The van der Waals surface area contributed by atoms with Gasteiger partial charge in [0.25, 0.3) is 0 Å². The molecule has 21 heavy (non-hydrogen) atoms. The van der Waals surface area contributed by atoms with Crippen LogP contribution in [-0.2, 0) is 0 Å². The predicted molar refractivity (Wildman–Crippen MR) is 97.0 cm³/mol. The standard InChI is InChI=1S/C17H26N2.2ClH/c1-13(2)12-16(19-10-8-18-9-11-19)17-14(3)6-5-7-15(17)4;;/h5-7,16,18H,1,8-12H2,2-4H3;2*1H/t16-;;/m0../s1. The fourth-order valence-electron chi connectivity index (χ4n) is 3.09. The van der Waals surface area contributed by atoms with Gasteiger partial charge in [0, 0.05) is 32.2 Å². The Labute approximate surface area is 141 Å². The molecule has 1 N–H and O–H groups in total. The van der Waals surface area contributed by atoms with Gasteiger partial charge in [0.2, 0.25) is 0 Å². The van der Waals surface area contributed by atoms with Gasteiger partial charge in [-0.2, -0.15) is 0 Å². The molecule has 2 nitrogen and oxygen atoms in total. The first-order chi connectivity index (χ1) is 9.09. The van der Waals surface area contributed by atoms with Crippen molar-refractivity contribution in [3.8, 4) is 0 Å². The number of benzene rings is 1. The van der Waals surface area contributed by atoms with Crippen molar-refractivity contribution >= 4 is 24.8 Å². The van der Waals surface area contributed by atoms with Gasteiger partial charge < -0.3 is 5.32 Å². The van der Waals surface area contributed by atoms with E-state index in [1.54, 1.807) is 0 Å². The van der Waals surface area contributed by atoms with Gasteiger partial charge in [-0.3, -0.25) is 4.90 Å². The number of aryl methyl sites for hydroxylation is 2. The molecule has 1 aliphatic heterocycles. The van der Waals surface area contributed by atoms with Crippen LogP contribution in [0.15, 0.2) is 30.4 Å². The van der Waals surface area contributed by atoms with Crippen LogP contribution in [0.4, 0.5) is 0 Å². The summed E-state index contributed by atoms with van der Waals surface area (Å²) in [5.74, 6) is 0. The summed E-state index contributed by atoms with van der Waals surface area (Å²) in [6.07, 6.45) is 1.06. The van der Waals surface area contributed by atoms with Gasteiger partial charge >= 0.3 is 0 Å². The molecule has 0 radical (unpaired) electrons. The SMILES string of the molecule is C=C(C)C[C@@H](c1c(C)cccc1C)N1CCNCC1.Cl.Cl. The van der Waals surface area contributed by atoms with E-state index in [0.717, 1.165) is 32.6 Å². The minimum atomic E-state index is 0. The van der Waals surface area contributed by atoms with Crippen molar-refractivity contribution in [3.05, 3.63) is 47.0 Å². The number of hydrogen-bond donors (Lipinski definition) is 1. The van der Waals surface area contributed by atoms with Crippen LogP contribution in [0.3, 0.4) is 0 Å². The van der Waals surface area contributed by atoms with Crippen molar-refractivity contribution in [2.24, 2.45) is 0 Å². The Hall–Kier alpha value is -0.540. The highest BCUT2D eigenvalue weighted by atomic mass is 35.5. The number of halogens is 2. The fraction of sp³-hybridized carbons (Fsp3) is 0.529. The monoisotopic (exact) mass is 330 g/mol. The molecule has 0 unspecified atom stereocenters. The van der Waals surface area contributed by atoms with Gasteiger partial charge in [0.05, 0.1) is 0 Å². The third-order valence-corrected chi connectivity index (χ3v) is 4.01. The van der Waals surface area contributed by atoms with E-state index in [2.05, 4.69) is 55.8 Å². The van der Waals surface area contributed by atoms with Crippen LogP contribution >= 0.6 is 24.8 Å². The molecule has 1 fully saturated rings. The van der Waals surface area contributed by atoms with E-state index >= 15 is 0 Å². The van der Waals surface area contributed by atoms with E-state index in [4.69, 9.17) is 0 Å². The predicted octanol–water partition coefficient (Wildman–Crippen LogP) is 4.06. The molecule has 0 aromatic heterocycles. The van der Waals surface area contributed by atoms with E-state index in [1.807, 2.05) is 0 Å². The van der Waals surface area contributed by atoms with Gasteiger partial charge in [0.1, 0.15) is 0 Å². The Morgan fingerprint density at radius 3 is 2.19 bits per heavy atom. The minimum absolute atomic E-state index is 0. The highest BCUT2D eigenvalue weighted by Crippen LogP contribution is 2.32. The second-order valence-electron chi connectivity index (χ2n) is 5.77. The normalized spacial score (nSPS) is 16.5. The van der Waals surface area contributed by atoms with Gasteiger partial charge in [0.15, 0.2) is 0 Å². The van der Waals surface area contributed by atoms with Crippen molar-refractivity contribution in [2.45, 2.75) is 33.2 Å². The first-order valence-electron chi connectivity index (χ1n) is 7.25. The quantitative estimate of drug-likeness (QED) is 0.837. The molecule has 1 heterocycles. The molecule has 1 atom stereocenters. The second-order valence-corrected chi connectivity index (χ2v) is 5.77. The summed E-state index contributed by atoms with van der Waals surface area (Å²) in [6, 6.07) is 7.11. The third-order valence-electron chi connectivity index (χ3n) is 4.01. The molecule has 0 saturated carbocycles. The van der Waals surface area contributed by atoms with Crippen LogP contribution in [0.5, 0.6) is 0 Å². The topological polar surface area (TPSA) is 15.3 Å². The van der Waals surface area contributed by atoms with Gasteiger partial charge in [-0.1, -0.05) is 23.8 Å². The maximum Gasteiger partial charge on any atom is 0.0391 e. The number of hydrogen-bond acceptors (Lipinski definition) is 2. The van der Waals surface area contributed by atoms with Gasteiger partial charge in [-0.25, -0.2) is 0 Å². The zero-order valence-corrected chi connectivity index (χ0v) is 14.9. The van der Waals surface area contributed by atoms with Crippen LogP contribution in [0.1, 0.15) is 36.1 Å². The highest BCUT2D eigenvalue weighted by Gasteiger charge is 2.24. The van der Waals surface area contributed by atoms with Crippen molar-refractivity contribution in [2.75, 3.05) is 26.2 Å². The molecule has 0 amide bonds. The molecule has 0 aliphatic carbocycles. The van der Waals surface area contributed by atoms with Crippen LogP contribution in [-0.4, -0.2) is 31.1 Å². The lowest BCUT2D eigenvalue weighted by atomic mass is 9.91. The first-order valence-corrected chi connectivity index (χ1v) is 7.25. The number of rotatable bonds is 4. The summed E-state index contributed by atoms with van der Waals surface area (Å²) >= 11 is 0. The third kappa shape index (κ3) is 5.30. The zero-order valence-electron chi connectivity index (χ0n) is 13.3. The molecular weight excluding hydrogens is 303 g/mol. The Morgan fingerprint density at radius 1 is 1.19 bits per heavy atom. The fourth-order valence-corrected chi connectivity index (χ4v) is 3.09. The Balaban J connectivity index is 0.00000200. The second kappa shape index (κ2) is 9.47. The number of nitrogens with zero attached hydrogens (tertiary/aromatic N) is 1. The summed E-state index contributed by atoms with van der Waals surface area (Å²) in [6.45, 7) is 15.2. The minimum Gasteiger partial charge on any atom is -0.314 e. The average molecular weight is 331 g/mol. The smallest absolute Gasteiger partial charge is 0.0391 e. The summed E-state index contributed by atoms with van der Waals surface area (Å²) in [5, 5.41) is 3.44. The summed E-state index contributed by atoms with van der Waals surface area (Å²) < 4.78 is 0. The lowest BCUT2D eigenvalue weighted by Gasteiger charge is -2.37. The van der Waals surface area contributed by atoms with Gasteiger partial charge in [-0.05, 0) is 43.9 Å². The molecule has 2 rings (SSSR count). The zero-order chi connectivity index (χ0) is 13.8. The van der Waals surface area contributed by atoms with Crippen molar-refractivity contribution in [1.82, 2.24) is 10.2 Å². The van der Waals surface area contributed by atoms with E-state index in [0.29, 0.717) is 6.04 Å². The summed E-state index contributed by atoms with van der Waals surface area (Å²) in [5.41, 5.74) is 5.59. The van der Waals surface area contributed by atoms with Gasteiger partial charge in [-0.15, -0.1) is 31.4 Å². The van der Waals surface area contributed by atoms with E-state index < -0.39 is 0 Å². The van der Waals surface area contributed by atoms with Crippen LogP contribution in [0, 0.1) is 13.8 Å². The molecule has 1 aliphatic rings. The Bertz CT molecular complexity index is 434. The van der Waals surface area contributed by atoms with Crippen LogP contribution in [0.25, 0.3) is 0 Å². The average Bonchev–Trinajstić information content (AvgIpc) is 2.38. The van der Waals surface area contributed by atoms with E-state index in [9.17, 15) is 0 Å². The lowest BCUT2D eigenvalue weighted by molar-refractivity contribution is 0.171. The number of piperazine rings is 1. The maximum atomic E-state index is 4.13. The van der Waals surface area contributed by atoms with Crippen molar-refractivity contribution in [3.63, 3.8) is 0 Å². The largest absolute Gasteiger partial charge is 0.314 e. The van der Waals surface area contributed by atoms with Crippen molar-refractivity contribution in [1.29, 1.82) is 0 Å². The molecule has 1 aromatic rings. The van der Waals surface area contributed by atoms with Crippen molar-refractivity contribution < 1.29 is 0 Å². The van der Waals surface area contributed by atoms with E-state index in [-0.39, 0.29) is 24.8 Å². The Kier molecular flexibility index (Phi) is 9.23. The molecule has 1 saturated heterocycles. The number of nitrogens with one attached hydrogen (secondary N) is 1. The first kappa shape index (κ1) is 20.5. The lowest BCUT2D eigenvalue weighted by Crippen LogP contribution is -2.45. The molecule has 4 heteroatoms. The maximum absolute atomic E-state index is 4.13. The van der Waals surface area contributed by atoms with Crippen LogP contribution in [0.2, 0.25) is 0 Å². The molecule has 1 aromatic carbocycles. The molecule has 0 bridgehead atoms. The van der Waals surface area contributed by atoms with Crippen LogP contribution < -0.4 is 5.32 Å². The molecular formula is C17H28Cl2N2. The molecule has 0 spiro atoms. The Morgan fingerprint density at radius 2 is 1.71 bits per heavy atom. The summed E-state index contributed by atoms with van der Waals surface area (Å²) in [7, 11) is 0. The van der Waals surface area contributed by atoms with E-state index in [1.165, 1.54) is 22.3 Å². The molecule has 120 valence electrons. The highest BCUT2D eigenvalue weighted by molar-refractivity contribution is 5.85.